The Balaban J connectivity index is 1.43. The fraction of sp³-hybridized carbons (Fsp3) is 0.667. The Morgan fingerprint density at radius 3 is 2.30 bits per heavy atom. The van der Waals surface area contributed by atoms with Gasteiger partial charge in [-0.2, -0.15) is 0 Å². The molecule has 6 nitrogen and oxygen atoms in total. The molecule has 1 aromatic carbocycles. The molecule has 0 spiro atoms. The first-order valence-electron chi connectivity index (χ1n) is 10.3. The molecule has 148 valence electrons. The SMILES string of the molecule is CCN1CCN(c2c(C)cccc2CN2CC3CN(C(=O)O)CC3C2)CC1. The molecule has 0 aromatic heterocycles. The molecule has 0 aliphatic carbocycles. The summed E-state index contributed by atoms with van der Waals surface area (Å²) in [5.41, 5.74) is 4.22. The quantitative estimate of drug-likeness (QED) is 0.878. The predicted octanol–water partition coefficient (Wildman–Crippen LogP) is 2.18. The molecular weight excluding hydrogens is 340 g/mol. The van der Waals surface area contributed by atoms with Crippen LogP contribution >= 0.6 is 0 Å². The van der Waals surface area contributed by atoms with Gasteiger partial charge in [0.25, 0.3) is 0 Å². The van der Waals surface area contributed by atoms with E-state index >= 15 is 0 Å². The summed E-state index contributed by atoms with van der Waals surface area (Å²) in [4.78, 5) is 20.4. The van der Waals surface area contributed by atoms with Gasteiger partial charge in [0.1, 0.15) is 0 Å². The molecular formula is C21H32N4O2. The van der Waals surface area contributed by atoms with Crippen LogP contribution in [0.25, 0.3) is 0 Å². The number of nitrogens with zero attached hydrogens (tertiary/aromatic N) is 4. The number of piperazine rings is 1. The zero-order valence-electron chi connectivity index (χ0n) is 16.6. The molecule has 6 heteroatoms. The molecule has 0 radical (unpaired) electrons. The number of amides is 1. The number of fused-ring (bicyclic) bond motifs is 1. The molecule has 1 aromatic rings. The third-order valence-electron chi connectivity index (χ3n) is 6.68. The van der Waals surface area contributed by atoms with E-state index < -0.39 is 6.09 Å². The smallest absolute Gasteiger partial charge is 0.407 e. The Kier molecular flexibility index (Phi) is 5.28. The third kappa shape index (κ3) is 3.78. The largest absolute Gasteiger partial charge is 0.465 e. The average Bonchev–Trinajstić information content (AvgIpc) is 3.21. The number of anilines is 1. The van der Waals surface area contributed by atoms with Crippen LogP contribution in [0.3, 0.4) is 0 Å². The minimum Gasteiger partial charge on any atom is -0.465 e. The highest BCUT2D eigenvalue weighted by Gasteiger charge is 2.41. The van der Waals surface area contributed by atoms with Gasteiger partial charge in [-0.05, 0) is 36.4 Å². The van der Waals surface area contributed by atoms with Gasteiger partial charge in [0, 0.05) is 64.6 Å². The number of benzene rings is 1. The number of carbonyl (C=O) groups is 1. The molecule has 1 amide bonds. The topological polar surface area (TPSA) is 50.3 Å². The third-order valence-corrected chi connectivity index (χ3v) is 6.68. The van der Waals surface area contributed by atoms with Crippen LogP contribution in [-0.2, 0) is 6.54 Å². The maximum absolute atomic E-state index is 11.2. The van der Waals surface area contributed by atoms with E-state index in [9.17, 15) is 9.90 Å². The summed E-state index contributed by atoms with van der Waals surface area (Å²) in [5.74, 6) is 1.00. The maximum atomic E-state index is 11.2. The van der Waals surface area contributed by atoms with Crippen molar-refractivity contribution in [1.29, 1.82) is 0 Å². The number of rotatable bonds is 4. The Bertz CT molecular complexity index is 673. The van der Waals surface area contributed by atoms with Crippen molar-refractivity contribution in [2.24, 2.45) is 11.8 Å². The van der Waals surface area contributed by atoms with Crippen molar-refractivity contribution in [3.8, 4) is 0 Å². The number of likely N-dealkylation sites (tertiary alicyclic amines) is 2. The summed E-state index contributed by atoms with van der Waals surface area (Å²) < 4.78 is 0. The molecule has 3 aliphatic heterocycles. The van der Waals surface area contributed by atoms with Gasteiger partial charge in [-0.3, -0.25) is 4.90 Å². The summed E-state index contributed by atoms with van der Waals surface area (Å²) in [7, 11) is 0. The van der Waals surface area contributed by atoms with Crippen LogP contribution in [0.5, 0.6) is 0 Å². The van der Waals surface area contributed by atoms with E-state index in [-0.39, 0.29) is 0 Å². The Labute approximate surface area is 162 Å². The number of para-hydroxylation sites is 1. The van der Waals surface area contributed by atoms with Crippen molar-refractivity contribution in [3.05, 3.63) is 29.3 Å². The zero-order valence-corrected chi connectivity index (χ0v) is 16.6. The molecule has 3 fully saturated rings. The summed E-state index contributed by atoms with van der Waals surface area (Å²) in [6, 6.07) is 6.69. The predicted molar refractivity (Wildman–Crippen MR) is 107 cm³/mol. The Hall–Kier alpha value is -1.79. The lowest BCUT2D eigenvalue weighted by Gasteiger charge is -2.37. The van der Waals surface area contributed by atoms with Gasteiger partial charge in [-0.25, -0.2) is 4.79 Å². The van der Waals surface area contributed by atoms with Gasteiger partial charge < -0.3 is 19.8 Å². The van der Waals surface area contributed by atoms with Crippen LogP contribution in [0, 0.1) is 18.8 Å². The van der Waals surface area contributed by atoms with Crippen molar-refractivity contribution >= 4 is 11.8 Å². The monoisotopic (exact) mass is 372 g/mol. The lowest BCUT2D eigenvalue weighted by atomic mass is 10.0. The molecule has 2 atom stereocenters. The van der Waals surface area contributed by atoms with Crippen LogP contribution in [-0.4, -0.2) is 84.8 Å². The van der Waals surface area contributed by atoms with Crippen LogP contribution in [0.15, 0.2) is 18.2 Å². The number of carboxylic acid groups (broad SMARTS) is 1. The number of aryl methyl sites for hydroxylation is 1. The van der Waals surface area contributed by atoms with Gasteiger partial charge in [0.05, 0.1) is 0 Å². The maximum Gasteiger partial charge on any atom is 0.407 e. The van der Waals surface area contributed by atoms with E-state index in [0.29, 0.717) is 24.9 Å². The molecule has 3 saturated heterocycles. The molecule has 3 heterocycles. The minimum absolute atomic E-state index is 0.502. The second kappa shape index (κ2) is 7.68. The van der Waals surface area contributed by atoms with Gasteiger partial charge in [-0.1, -0.05) is 25.1 Å². The van der Waals surface area contributed by atoms with Crippen LogP contribution in [0.4, 0.5) is 10.5 Å². The van der Waals surface area contributed by atoms with Crippen molar-refractivity contribution in [3.63, 3.8) is 0 Å². The molecule has 0 saturated carbocycles. The van der Waals surface area contributed by atoms with Crippen LogP contribution < -0.4 is 4.90 Å². The van der Waals surface area contributed by atoms with Gasteiger partial charge in [0.15, 0.2) is 0 Å². The summed E-state index contributed by atoms with van der Waals surface area (Å²) in [5, 5.41) is 9.22. The van der Waals surface area contributed by atoms with Crippen LogP contribution in [0.1, 0.15) is 18.1 Å². The molecule has 27 heavy (non-hydrogen) atoms. The first-order chi connectivity index (χ1) is 13.0. The number of likely N-dealkylation sites (N-methyl/N-ethyl adjacent to an activating group) is 1. The van der Waals surface area contributed by atoms with Crippen molar-refractivity contribution in [2.45, 2.75) is 20.4 Å². The molecule has 2 unspecified atom stereocenters. The second-order valence-corrected chi connectivity index (χ2v) is 8.41. The van der Waals surface area contributed by atoms with Gasteiger partial charge >= 0.3 is 6.09 Å². The van der Waals surface area contributed by atoms with E-state index in [0.717, 1.165) is 52.4 Å². The van der Waals surface area contributed by atoms with E-state index in [1.165, 1.54) is 16.8 Å². The summed E-state index contributed by atoms with van der Waals surface area (Å²) in [6.07, 6.45) is -0.761. The van der Waals surface area contributed by atoms with Gasteiger partial charge in [-0.15, -0.1) is 0 Å². The van der Waals surface area contributed by atoms with Crippen molar-refractivity contribution in [1.82, 2.24) is 14.7 Å². The van der Waals surface area contributed by atoms with E-state index in [1.54, 1.807) is 4.90 Å². The Morgan fingerprint density at radius 2 is 1.70 bits per heavy atom. The van der Waals surface area contributed by atoms with E-state index in [4.69, 9.17) is 0 Å². The van der Waals surface area contributed by atoms with Crippen molar-refractivity contribution < 1.29 is 9.90 Å². The fourth-order valence-corrected chi connectivity index (χ4v) is 5.20. The highest BCUT2D eigenvalue weighted by molar-refractivity contribution is 5.65. The standard InChI is InChI=1S/C21H32N4O2/c1-3-22-7-9-24(10-8-22)20-16(2)5-4-6-17(20)11-23-12-18-14-25(21(26)27)15-19(18)13-23/h4-6,18-19H,3,7-15H2,1-2H3,(H,26,27). The van der Waals surface area contributed by atoms with Crippen molar-refractivity contribution in [2.75, 3.05) is 63.8 Å². The molecule has 1 N–H and O–H groups in total. The molecule has 0 bridgehead atoms. The molecule has 3 aliphatic rings. The highest BCUT2D eigenvalue weighted by atomic mass is 16.4. The van der Waals surface area contributed by atoms with E-state index in [2.05, 4.69) is 46.7 Å². The van der Waals surface area contributed by atoms with E-state index in [1.807, 2.05) is 0 Å². The average molecular weight is 373 g/mol. The summed E-state index contributed by atoms with van der Waals surface area (Å²) >= 11 is 0. The lowest BCUT2D eigenvalue weighted by Crippen LogP contribution is -2.46. The zero-order chi connectivity index (χ0) is 19.0. The fourth-order valence-electron chi connectivity index (χ4n) is 5.20. The lowest BCUT2D eigenvalue weighted by molar-refractivity contribution is 0.148. The molecule has 4 rings (SSSR count). The number of hydrogen-bond donors (Lipinski definition) is 1. The normalized spacial score (nSPS) is 26.6. The van der Waals surface area contributed by atoms with Gasteiger partial charge in [0.2, 0.25) is 0 Å². The number of hydrogen-bond acceptors (Lipinski definition) is 4. The summed E-state index contributed by atoms with van der Waals surface area (Å²) in [6.45, 7) is 14.5. The highest BCUT2D eigenvalue weighted by Crippen LogP contribution is 2.34. The first kappa shape index (κ1) is 18.6. The first-order valence-corrected chi connectivity index (χ1v) is 10.3. The van der Waals surface area contributed by atoms with Crippen LogP contribution in [0.2, 0.25) is 0 Å². The minimum atomic E-state index is -0.761. The second-order valence-electron chi connectivity index (χ2n) is 8.41. The Morgan fingerprint density at radius 1 is 1.04 bits per heavy atom.